The predicted molar refractivity (Wildman–Crippen MR) is 137 cm³/mol. The minimum absolute atomic E-state index is 0.0360. The van der Waals surface area contributed by atoms with Crippen molar-refractivity contribution in [2.45, 2.75) is 44.9 Å². The van der Waals surface area contributed by atoms with Gasteiger partial charge in [-0.1, -0.05) is 0 Å². The van der Waals surface area contributed by atoms with Crippen molar-refractivity contribution in [3.05, 3.63) is 36.0 Å². The van der Waals surface area contributed by atoms with Gasteiger partial charge in [-0.3, -0.25) is 19.4 Å². The summed E-state index contributed by atoms with van der Waals surface area (Å²) in [6.45, 7) is 3.75. The van der Waals surface area contributed by atoms with Crippen LogP contribution < -0.4 is 4.74 Å². The van der Waals surface area contributed by atoms with E-state index in [0.29, 0.717) is 43.7 Å². The molecular formula is C28H37N3O5. The first-order valence-electron chi connectivity index (χ1n) is 13.0. The quantitative estimate of drug-likeness (QED) is 0.387. The molecule has 3 heterocycles. The highest BCUT2D eigenvalue weighted by molar-refractivity contribution is 6.07. The fraction of sp³-hybridized carbons (Fsp3) is 0.571. The van der Waals surface area contributed by atoms with E-state index in [2.05, 4.69) is 9.88 Å². The summed E-state index contributed by atoms with van der Waals surface area (Å²) >= 11 is 0. The molecule has 1 amide bonds. The summed E-state index contributed by atoms with van der Waals surface area (Å²) in [5.41, 5.74) is 1.38. The van der Waals surface area contributed by atoms with Gasteiger partial charge in [0.05, 0.1) is 25.7 Å². The summed E-state index contributed by atoms with van der Waals surface area (Å²) in [5.74, 6) is 0.459. The van der Waals surface area contributed by atoms with Crippen molar-refractivity contribution < 1.29 is 23.9 Å². The Labute approximate surface area is 212 Å². The number of rotatable bonds is 9. The highest BCUT2D eigenvalue weighted by Gasteiger charge is 2.35. The Morgan fingerprint density at radius 1 is 1.03 bits per heavy atom. The van der Waals surface area contributed by atoms with Crippen LogP contribution in [0.1, 0.15) is 55.3 Å². The van der Waals surface area contributed by atoms with Gasteiger partial charge in [0.25, 0.3) is 0 Å². The van der Waals surface area contributed by atoms with Gasteiger partial charge in [-0.2, -0.15) is 0 Å². The van der Waals surface area contributed by atoms with E-state index in [9.17, 15) is 14.4 Å². The summed E-state index contributed by atoms with van der Waals surface area (Å²) in [4.78, 5) is 47.0. The van der Waals surface area contributed by atoms with Gasteiger partial charge in [0.2, 0.25) is 5.91 Å². The molecule has 0 saturated carbocycles. The second-order valence-corrected chi connectivity index (χ2v) is 9.87. The van der Waals surface area contributed by atoms with Crippen molar-refractivity contribution in [1.29, 1.82) is 0 Å². The average molecular weight is 496 g/mol. The molecule has 0 aliphatic carbocycles. The third kappa shape index (κ3) is 6.22. The van der Waals surface area contributed by atoms with Crippen molar-refractivity contribution in [3.63, 3.8) is 0 Å². The highest BCUT2D eigenvalue weighted by Crippen LogP contribution is 2.31. The van der Waals surface area contributed by atoms with E-state index in [4.69, 9.17) is 9.47 Å². The smallest absolute Gasteiger partial charge is 0.310 e. The Kier molecular flexibility index (Phi) is 8.91. The monoisotopic (exact) mass is 495 g/mol. The van der Waals surface area contributed by atoms with E-state index < -0.39 is 0 Å². The summed E-state index contributed by atoms with van der Waals surface area (Å²) in [5, 5.41) is 0.777. The molecule has 2 atom stereocenters. The number of fused-ring (bicyclic) bond motifs is 1. The molecule has 0 unspecified atom stereocenters. The molecule has 1 aromatic carbocycles. The number of ether oxygens (including phenoxy) is 2. The fourth-order valence-electron chi connectivity index (χ4n) is 5.54. The Morgan fingerprint density at radius 3 is 2.58 bits per heavy atom. The Balaban J connectivity index is 1.35. The number of likely N-dealkylation sites (tertiary alicyclic amines) is 2. The van der Waals surface area contributed by atoms with Crippen molar-refractivity contribution in [2.24, 2.45) is 11.8 Å². The number of nitrogens with zero attached hydrogens (tertiary/aromatic N) is 3. The zero-order chi connectivity index (χ0) is 25.5. The van der Waals surface area contributed by atoms with Gasteiger partial charge in [-0.25, -0.2) is 0 Å². The minimum Gasteiger partial charge on any atom is -0.497 e. The van der Waals surface area contributed by atoms with Crippen molar-refractivity contribution >= 4 is 28.6 Å². The molecule has 8 heteroatoms. The van der Waals surface area contributed by atoms with Gasteiger partial charge in [-0.05, 0) is 68.8 Å². The maximum absolute atomic E-state index is 13.2. The fourth-order valence-corrected chi connectivity index (χ4v) is 5.54. The number of carbonyl (C=O) groups is 3. The number of carbonyl (C=O) groups excluding carboxylic acids is 3. The van der Waals surface area contributed by atoms with Gasteiger partial charge in [0.15, 0.2) is 5.78 Å². The van der Waals surface area contributed by atoms with E-state index in [1.165, 1.54) is 13.5 Å². The summed E-state index contributed by atoms with van der Waals surface area (Å²) in [6.07, 6.45) is 7.28. The predicted octanol–water partition coefficient (Wildman–Crippen LogP) is 3.72. The van der Waals surface area contributed by atoms with Crippen molar-refractivity contribution in [3.8, 4) is 5.75 Å². The molecule has 4 rings (SSSR count). The molecule has 0 spiro atoms. The first kappa shape index (κ1) is 26.1. The lowest BCUT2D eigenvalue weighted by Crippen LogP contribution is -2.46. The Bertz CT molecular complexity index is 1080. The lowest BCUT2D eigenvalue weighted by molar-refractivity contribution is -0.150. The summed E-state index contributed by atoms with van der Waals surface area (Å²) < 4.78 is 10.4. The molecular weight excluding hydrogens is 458 g/mol. The molecule has 194 valence electrons. The molecule has 0 bridgehead atoms. The number of hydrogen-bond donors (Lipinski definition) is 0. The largest absolute Gasteiger partial charge is 0.497 e. The number of piperidine rings is 2. The molecule has 2 aliphatic heterocycles. The van der Waals surface area contributed by atoms with Gasteiger partial charge in [-0.15, -0.1) is 0 Å². The second kappa shape index (κ2) is 12.3. The first-order chi connectivity index (χ1) is 17.5. The average Bonchev–Trinajstić information content (AvgIpc) is 2.94. The molecule has 0 radical (unpaired) electrons. The topological polar surface area (TPSA) is 89.0 Å². The number of methoxy groups -OCH3 is 2. The van der Waals surface area contributed by atoms with E-state index in [0.717, 1.165) is 49.8 Å². The van der Waals surface area contributed by atoms with Crippen LogP contribution in [0.5, 0.6) is 5.75 Å². The van der Waals surface area contributed by atoms with E-state index in [1.54, 1.807) is 19.4 Å². The number of pyridine rings is 1. The van der Waals surface area contributed by atoms with Crippen LogP contribution in [0.4, 0.5) is 0 Å². The number of esters is 1. The number of amides is 1. The number of Topliss-reactive ketones (excluding diaryl/α,β-unsaturated/α-hetero) is 1. The Hall–Kier alpha value is -3.00. The first-order valence-corrected chi connectivity index (χ1v) is 13.0. The van der Waals surface area contributed by atoms with Crippen LogP contribution in [0.25, 0.3) is 10.9 Å². The summed E-state index contributed by atoms with van der Waals surface area (Å²) in [6, 6.07) is 7.28. The molecule has 2 fully saturated rings. The molecule has 36 heavy (non-hydrogen) atoms. The lowest BCUT2D eigenvalue weighted by Gasteiger charge is -2.37. The van der Waals surface area contributed by atoms with E-state index in [-0.39, 0.29) is 29.5 Å². The minimum atomic E-state index is -0.295. The maximum Gasteiger partial charge on any atom is 0.310 e. The van der Waals surface area contributed by atoms with E-state index >= 15 is 0 Å². The van der Waals surface area contributed by atoms with Gasteiger partial charge in [0, 0.05) is 56.2 Å². The number of ketones is 1. The lowest BCUT2D eigenvalue weighted by atomic mass is 9.81. The Morgan fingerprint density at radius 2 is 1.83 bits per heavy atom. The van der Waals surface area contributed by atoms with Crippen LogP contribution in [0, 0.1) is 11.8 Å². The SMILES string of the molecule is COC(=O)[C@H]1CN(CCC(=O)N2CCCCC2)CC[C@H]1CCC(=O)c1ccnc2ccc(OC)cc12. The van der Waals surface area contributed by atoms with Crippen molar-refractivity contribution in [1.82, 2.24) is 14.8 Å². The molecule has 2 saturated heterocycles. The molecule has 2 aromatic rings. The van der Waals surface area contributed by atoms with Crippen molar-refractivity contribution in [2.75, 3.05) is 46.9 Å². The van der Waals surface area contributed by atoms with Crippen LogP contribution in [0.15, 0.2) is 30.5 Å². The van der Waals surface area contributed by atoms with E-state index in [1.807, 2.05) is 23.1 Å². The third-order valence-electron chi connectivity index (χ3n) is 7.69. The third-order valence-corrected chi connectivity index (χ3v) is 7.69. The zero-order valence-electron chi connectivity index (χ0n) is 21.4. The second-order valence-electron chi connectivity index (χ2n) is 9.87. The number of aromatic nitrogens is 1. The molecule has 8 nitrogen and oxygen atoms in total. The zero-order valence-corrected chi connectivity index (χ0v) is 21.4. The molecule has 1 aromatic heterocycles. The van der Waals surface area contributed by atoms with Gasteiger partial charge in [0.1, 0.15) is 5.75 Å². The standard InChI is InChI=1S/C28H37N3O5/c1-35-21-7-8-25-23(18-21)22(10-13-29-25)26(32)9-6-20-11-16-30(19-24(20)28(34)36-2)17-12-27(33)31-14-4-3-5-15-31/h7-8,10,13,18,20,24H,3-6,9,11-12,14-17,19H2,1-2H3/t20-,24+/m1/s1. The number of hydrogen-bond acceptors (Lipinski definition) is 7. The highest BCUT2D eigenvalue weighted by atomic mass is 16.5. The molecule has 2 aliphatic rings. The summed E-state index contributed by atoms with van der Waals surface area (Å²) in [7, 11) is 3.02. The number of benzene rings is 1. The van der Waals surface area contributed by atoms with Crippen LogP contribution >= 0.6 is 0 Å². The normalized spacial score (nSPS) is 20.8. The van der Waals surface area contributed by atoms with Crippen LogP contribution in [-0.4, -0.2) is 79.4 Å². The van der Waals surface area contributed by atoms with Gasteiger partial charge < -0.3 is 19.3 Å². The van der Waals surface area contributed by atoms with Crippen LogP contribution in [0.2, 0.25) is 0 Å². The molecule has 0 N–H and O–H groups in total. The van der Waals surface area contributed by atoms with Gasteiger partial charge >= 0.3 is 5.97 Å². The van der Waals surface area contributed by atoms with Crippen LogP contribution in [-0.2, 0) is 14.3 Å². The van der Waals surface area contributed by atoms with Crippen LogP contribution in [0.3, 0.4) is 0 Å². The maximum atomic E-state index is 13.2.